The van der Waals surface area contributed by atoms with Crippen LogP contribution >= 0.6 is 11.6 Å². The number of carbonyl (C=O) groups is 1. The minimum Gasteiger partial charge on any atom is -0.481 e. The van der Waals surface area contributed by atoms with Crippen LogP contribution in [0.3, 0.4) is 0 Å². The molecule has 2 heterocycles. The molecule has 0 spiro atoms. The topological polar surface area (TPSA) is 63.2 Å². The van der Waals surface area contributed by atoms with Gasteiger partial charge >= 0.3 is 0 Å². The van der Waals surface area contributed by atoms with Crippen molar-refractivity contribution in [3.8, 4) is 28.3 Å². The number of hydrogen-bond acceptors (Lipinski definition) is 4. The lowest BCUT2D eigenvalue weighted by Gasteiger charge is -2.15. The predicted molar refractivity (Wildman–Crippen MR) is 132 cm³/mol. The van der Waals surface area contributed by atoms with Crippen molar-refractivity contribution in [2.75, 3.05) is 13.7 Å². The van der Waals surface area contributed by atoms with Gasteiger partial charge < -0.3 is 15.4 Å². The van der Waals surface area contributed by atoms with Crippen LogP contribution in [0.4, 0.5) is 0 Å². The summed E-state index contributed by atoms with van der Waals surface area (Å²) in [4.78, 5) is 16.2. The number of halogens is 1. The van der Waals surface area contributed by atoms with E-state index < -0.39 is 0 Å². The summed E-state index contributed by atoms with van der Waals surface area (Å²) < 4.78 is 5.60. The lowest BCUT2D eigenvalue weighted by molar-refractivity contribution is -0.119. The monoisotopic (exact) mass is 461 g/mol. The first-order valence-electron chi connectivity index (χ1n) is 11.6. The van der Waals surface area contributed by atoms with Gasteiger partial charge in [-0.2, -0.15) is 0 Å². The van der Waals surface area contributed by atoms with E-state index in [1.807, 2.05) is 24.3 Å². The first-order valence-corrected chi connectivity index (χ1v) is 12.0. The van der Waals surface area contributed by atoms with E-state index in [0.717, 1.165) is 53.2 Å². The number of amides is 1. The van der Waals surface area contributed by atoms with Gasteiger partial charge in [-0.1, -0.05) is 54.1 Å². The van der Waals surface area contributed by atoms with E-state index in [-0.39, 0.29) is 11.9 Å². The molecule has 0 radical (unpaired) electrons. The number of aromatic nitrogens is 1. The third kappa shape index (κ3) is 4.48. The summed E-state index contributed by atoms with van der Waals surface area (Å²) in [5.74, 6) is 0.711. The number of hydrogen-bond donors (Lipinski definition) is 2. The second kappa shape index (κ2) is 9.54. The van der Waals surface area contributed by atoms with Crippen molar-refractivity contribution < 1.29 is 9.53 Å². The summed E-state index contributed by atoms with van der Waals surface area (Å²) in [5.41, 5.74) is 7.79. The van der Waals surface area contributed by atoms with Gasteiger partial charge in [0.15, 0.2) is 0 Å². The van der Waals surface area contributed by atoms with Crippen LogP contribution in [0.2, 0.25) is 5.02 Å². The molecule has 2 aromatic carbocycles. The molecule has 1 fully saturated rings. The van der Waals surface area contributed by atoms with Crippen LogP contribution in [0.1, 0.15) is 36.0 Å². The van der Waals surface area contributed by atoms with Crippen molar-refractivity contribution in [1.82, 2.24) is 15.6 Å². The van der Waals surface area contributed by atoms with Crippen molar-refractivity contribution in [1.29, 1.82) is 0 Å². The normalized spacial score (nSPS) is 17.2. The largest absolute Gasteiger partial charge is 0.481 e. The molecule has 1 aliphatic carbocycles. The van der Waals surface area contributed by atoms with Crippen LogP contribution in [0.5, 0.6) is 5.88 Å². The fourth-order valence-electron chi connectivity index (χ4n) is 4.95. The molecule has 1 atom stereocenters. The first-order chi connectivity index (χ1) is 16.1. The zero-order valence-electron chi connectivity index (χ0n) is 18.8. The molecule has 33 heavy (non-hydrogen) atoms. The van der Waals surface area contributed by atoms with Crippen LogP contribution in [-0.2, 0) is 24.2 Å². The van der Waals surface area contributed by atoms with E-state index in [0.29, 0.717) is 18.8 Å². The molecule has 2 N–H and O–H groups in total. The van der Waals surface area contributed by atoms with E-state index in [1.54, 1.807) is 7.11 Å². The molecular formula is C27H28ClN3O2. The molecule has 1 aromatic heterocycles. The van der Waals surface area contributed by atoms with Crippen molar-refractivity contribution in [3.63, 3.8) is 0 Å². The van der Waals surface area contributed by atoms with Crippen molar-refractivity contribution in [2.24, 2.45) is 0 Å². The number of nitrogens with zero attached hydrogens (tertiary/aromatic N) is 1. The van der Waals surface area contributed by atoms with Crippen molar-refractivity contribution >= 4 is 17.5 Å². The number of fused-ring (bicyclic) bond motifs is 1. The minimum atomic E-state index is 0.130. The van der Waals surface area contributed by atoms with E-state index in [4.69, 9.17) is 21.3 Å². The third-order valence-corrected chi connectivity index (χ3v) is 7.04. The molecule has 170 valence electrons. The summed E-state index contributed by atoms with van der Waals surface area (Å²) in [6.45, 7) is 1.35. The lowest BCUT2D eigenvalue weighted by atomic mass is 9.95. The van der Waals surface area contributed by atoms with Gasteiger partial charge in [-0.15, -0.1) is 0 Å². The number of carbonyl (C=O) groups excluding carboxylic acids is 1. The smallest absolute Gasteiger partial charge is 0.220 e. The molecule has 1 saturated heterocycles. The number of rotatable bonds is 7. The standard InChI is InChI=1S/C27H28ClN3O2/c1-33-27-18(15-29-16-19-12-14-25(32)30-19)11-13-24(31-27)23-10-4-9-22(26(23)28)21-8-3-6-17-5-2-7-20(17)21/h3-4,6,8-11,13,19,29H,2,5,7,12,14-16H2,1H3,(H,30,32)/t19-/m0/s1. The maximum atomic E-state index is 11.4. The van der Waals surface area contributed by atoms with Crippen molar-refractivity contribution in [3.05, 3.63) is 70.2 Å². The van der Waals surface area contributed by atoms with Crippen LogP contribution < -0.4 is 15.4 Å². The molecule has 5 nitrogen and oxygen atoms in total. The fourth-order valence-corrected chi connectivity index (χ4v) is 5.28. The Kier molecular flexibility index (Phi) is 6.34. The van der Waals surface area contributed by atoms with Gasteiger partial charge in [0.25, 0.3) is 0 Å². The molecule has 1 amide bonds. The molecule has 1 aliphatic heterocycles. The Bertz CT molecular complexity index is 1190. The Morgan fingerprint density at radius 2 is 1.88 bits per heavy atom. The number of pyridine rings is 1. The van der Waals surface area contributed by atoms with Gasteiger partial charge in [-0.3, -0.25) is 4.79 Å². The number of ether oxygens (including phenoxy) is 1. The van der Waals surface area contributed by atoms with Gasteiger partial charge in [-0.25, -0.2) is 4.98 Å². The highest BCUT2D eigenvalue weighted by atomic mass is 35.5. The van der Waals surface area contributed by atoms with Crippen LogP contribution in [0.15, 0.2) is 48.5 Å². The molecular weight excluding hydrogens is 434 g/mol. The zero-order chi connectivity index (χ0) is 22.8. The molecule has 2 aliphatic rings. The molecule has 0 unspecified atom stereocenters. The van der Waals surface area contributed by atoms with Crippen LogP contribution in [0.25, 0.3) is 22.4 Å². The highest BCUT2D eigenvalue weighted by molar-refractivity contribution is 6.36. The first kappa shape index (κ1) is 21.9. The van der Waals surface area contributed by atoms with Gasteiger partial charge in [-0.05, 0) is 48.4 Å². The van der Waals surface area contributed by atoms with Crippen molar-refractivity contribution in [2.45, 2.75) is 44.7 Å². The molecule has 6 heteroatoms. The SMILES string of the molecule is COc1nc(-c2cccc(-c3cccc4c3CCC4)c2Cl)ccc1CNC[C@@H]1CCC(=O)N1. The fraction of sp³-hybridized carbons (Fsp3) is 0.333. The molecule has 0 saturated carbocycles. The van der Waals surface area contributed by atoms with Gasteiger partial charge in [0.2, 0.25) is 11.8 Å². The van der Waals surface area contributed by atoms with E-state index in [1.165, 1.54) is 23.1 Å². The number of benzene rings is 2. The summed E-state index contributed by atoms with van der Waals surface area (Å²) in [6.07, 6.45) is 4.92. The lowest BCUT2D eigenvalue weighted by Crippen LogP contribution is -2.35. The van der Waals surface area contributed by atoms with Gasteiger partial charge in [0.05, 0.1) is 17.8 Å². The molecule has 0 bridgehead atoms. The van der Waals surface area contributed by atoms with Crippen LogP contribution in [-0.4, -0.2) is 30.6 Å². The summed E-state index contributed by atoms with van der Waals surface area (Å²) in [6, 6.07) is 16.9. The highest BCUT2D eigenvalue weighted by Crippen LogP contribution is 2.40. The Balaban J connectivity index is 1.39. The third-order valence-electron chi connectivity index (χ3n) is 6.63. The zero-order valence-corrected chi connectivity index (χ0v) is 19.5. The van der Waals surface area contributed by atoms with Gasteiger partial charge in [0, 0.05) is 42.2 Å². The Labute approximate surface area is 199 Å². The van der Waals surface area contributed by atoms with E-state index in [9.17, 15) is 4.79 Å². The quantitative estimate of drug-likeness (QED) is 0.523. The summed E-state index contributed by atoms with van der Waals surface area (Å²) >= 11 is 6.96. The second-order valence-electron chi connectivity index (χ2n) is 8.76. The highest BCUT2D eigenvalue weighted by Gasteiger charge is 2.21. The molecule has 5 rings (SSSR count). The second-order valence-corrected chi connectivity index (χ2v) is 9.14. The molecule has 3 aromatic rings. The maximum absolute atomic E-state index is 11.4. The average Bonchev–Trinajstić information content (AvgIpc) is 3.48. The number of nitrogens with one attached hydrogen (secondary N) is 2. The predicted octanol–water partition coefficient (Wildman–Crippen LogP) is 4.93. The number of methoxy groups -OCH3 is 1. The minimum absolute atomic E-state index is 0.130. The van der Waals surface area contributed by atoms with Crippen LogP contribution in [0, 0.1) is 0 Å². The Morgan fingerprint density at radius 1 is 1.06 bits per heavy atom. The summed E-state index contributed by atoms with van der Waals surface area (Å²) in [7, 11) is 1.64. The van der Waals surface area contributed by atoms with E-state index >= 15 is 0 Å². The summed E-state index contributed by atoms with van der Waals surface area (Å²) in [5, 5.41) is 7.10. The average molecular weight is 462 g/mol. The Hall–Kier alpha value is -2.89. The van der Waals surface area contributed by atoms with Gasteiger partial charge in [0.1, 0.15) is 0 Å². The maximum Gasteiger partial charge on any atom is 0.220 e. The Morgan fingerprint density at radius 3 is 2.70 bits per heavy atom. The van der Waals surface area contributed by atoms with E-state index in [2.05, 4.69) is 34.9 Å². The number of aryl methyl sites for hydroxylation is 1.